The number of ether oxygens (including phenoxy) is 1. The van der Waals surface area contributed by atoms with E-state index in [1.807, 2.05) is 12.1 Å². The van der Waals surface area contributed by atoms with E-state index in [-0.39, 0.29) is 17.2 Å². The average Bonchev–Trinajstić information content (AvgIpc) is 3.05. The molecule has 0 atom stereocenters. The van der Waals surface area contributed by atoms with E-state index in [1.165, 1.54) is 0 Å². The molecule has 0 saturated heterocycles. The van der Waals surface area contributed by atoms with Gasteiger partial charge in [-0.2, -0.15) is 0 Å². The van der Waals surface area contributed by atoms with Crippen LogP contribution in [0.15, 0.2) is 58.4 Å². The van der Waals surface area contributed by atoms with Gasteiger partial charge in [0.25, 0.3) is 0 Å². The van der Waals surface area contributed by atoms with Crippen molar-refractivity contribution in [2.45, 2.75) is 6.61 Å². The Kier molecular flexibility index (Phi) is 6.15. The van der Waals surface area contributed by atoms with E-state index in [1.54, 1.807) is 41.8 Å². The summed E-state index contributed by atoms with van der Waals surface area (Å²) in [6, 6.07) is 14.3. The second kappa shape index (κ2) is 8.56. The van der Waals surface area contributed by atoms with Crippen LogP contribution in [0.3, 0.4) is 0 Å². The van der Waals surface area contributed by atoms with Crippen LogP contribution < -0.4 is 5.32 Å². The summed E-state index contributed by atoms with van der Waals surface area (Å²) >= 11 is 10.5. The van der Waals surface area contributed by atoms with Gasteiger partial charge in [0.2, 0.25) is 0 Å². The van der Waals surface area contributed by atoms with E-state index in [0.29, 0.717) is 16.1 Å². The van der Waals surface area contributed by atoms with Gasteiger partial charge in [0.1, 0.15) is 17.2 Å². The van der Waals surface area contributed by atoms with Gasteiger partial charge in [-0.05, 0) is 23.8 Å². The predicted molar refractivity (Wildman–Crippen MR) is 110 cm³/mol. The lowest BCUT2D eigenvalue weighted by Gasteiger charge is -2.08. The van der Waals surface area contributed by atoms with E-state index in [0.717, 1.165) is 21.4 Å². The molecule has 8 heteroatoms. The van der Waals surface area contributed by atoms with Crippen molar-refractivity contribution in [2.75, 3.05) is 5.32 Å². The maximum Gasteiger partial charge on any atom is 0.412 e. The van der Waals surface area contributed by atoms with Crippen LogP contribution >= 0.6 is 38.9 Å². The molecule has 2 aromatic carbocycles. The summed E-state index contributed by atoms with van der Waals surface area (Å²) in [7, 11) is 0. The number of carbonyl (C=O) groups excluding carboxylic acids is 1. The number of halogens is 2. The lowest BCUT2D eigenvalue weighted by molar-refractivity contribution is 0.0699. The molecule has 0 aliphatic carbocycles. The van der Waals surface area contributed by atoms with Crippen molar-refractivity contribution in [2.24, 2.45) is 0 Å². The second-order valence-corrected chi connectivity index (χ2v) is 7.66. The number of hydrogen-bond donors (Lipinski definition) is 2. The van der Waals surface area contributed by atoms with Crippen LogP contribution in [0.5, 0.6) is 0 Å². The molecule has 3 rings (SSSR count). The normalized spacial score (nSPS) is 10.4. The van der Waals surface area contributed by atoms with Crippen LogP contribution in [0.2, 0.25) is 5.02 Å². The zero-order valence-electron chi connectivity index (χ0n) is 13.7. The van der Waals surface area contributed by atoms with Gasteiger partial charge in [-0.15, -0.1) is 11.3 Å². The Morgan fingerprint density at radius 1 is 1.15 bits per heavy atom. The molecule has 27 heavy (non-hydrogen) atoms. The molecule has 3 aromatic rings. The number of benzene rings is 2. The standard InChI is InChI=1S/C19H13BrClNO4S/c20-13-7-5-11(6-8-13)14-10-27-17(16(14)18(23)24)22-19(25)26-9-12-3-1-2-4-15(12)21/h1-8,10H,9H2,(H,22,25)(H,23,24). The van der Waals surface area contributed by atoms with Gasteiger partial charge in [0, 0.05) is 26.0 Å². The SMILES string of the molecule is O=C(Nc1scc(-c2ccc(Br)cc2)c1C(=O)O)OCc1ccccc1Cl. The van der Waals surface area contributed by atoms with Crippen molar-refractivity contribution in [3.05, 3.63) is 74.5 Å². The largest absolute Gasteiger partial charge is 0.478 e. The zero-order valence-corrected chi connectivity index (χ0v) is 16.9. The maximum absolute atomic E-state index is 12.1. The van der Waals surface area contributed by atoms with Crippen molar-refractivity contribution in [3.63, 3.8) is 0 Å². The summed E-state index contributed by atoms with van der Waals surface area (Å²) < 4.78 is 6.04. The van der Waals surface area contributed by atoms with Crippen molar-refractivity contribution in [1.82, 2.24) is 0 Å². The summed E-state index contributed by atoms with van der Waals surface area (Å²) in [5.41, 5.74) is 1.96. The molecule has 0 bridgehead atoms. The van der Waals surface area contributed by atoms with E-state index < -0.39 is 12.1 Å². The number of carboxylic acid groups (broad SMARTS) is 1. The number of anilines is 1. The Hall–Kier alpha value is -2.35. The average molecular weight is 467 g/mol. The Labute approximate surface area is 172 Å². The maximum atomic E-state index is 12.1. The lowest BCUT2D eigenvalue weighted by atomic mass is 10.0. The van der Waals surface area contributed by atoms with Crippen molar-refractivity contribution in [1.29, 1.82) is 0 Å². The molecule has 0 radical (unpaired) electrons. The van der Waals surface area contributed by atoms with E-state index >= 15 is 0 Å². The highest BCUT2D eigenvalue weighted by Crippen LogP contribution is 2.36. The number of aromatic carboxylic acids is 1. The van der Waals surface area contributed by atoms with Crippen LogP contribution in [0.4, 0.5) is 9.80 Å². The highest BCUT2D eigenvalue weighted by atomic mass is 79.9. The Morgan fingerprint density at radius 3 is 2.52 bits per heavy atom. The molecule has 5 nitrogen and oxygen atoms in total. The van der Waals surface area contributed by atoms with Crippen LogP contribution in [-0.2, 0) is 11.3 Å². The third-order valence-electron chi connectivity index (χ3n) is 3.69. The van der Waals surface area contributed by atoms with Crippen LogP contribution in [0.1, 0.15) is 15.9 Å². The number of thiophene rings is 1. The molecule has 1 amide bonds. The molecule has 138 valence electrons. The lowest BCUT2D eigenvalue weighted by Crippen LogP contribution is -2.15. The topological polar surface area (TPSA) is 75.6 Å². The molecule has 0 saturated carbocycles. The third kappa shape index (κ3) is 4.68. The first-order valence-corrected chi connectivity index (χ1v) is 9.78. The second-order valence-electron chi connectivity index (χ2n) is 5.46. The predicted octanol–water partition coefficient (Wildman–Crippen LogP) is 6.28. The highest BCUT2D eigenvalue weighted by Gasteiger charge is 2.21. The summed E-state index contributed by atoms with van der Waals surface area (Å²) in [5, 5.41) is 14.5. The molecule has 0 unspecified atom stereocenters. The fourth-order valence-corrected chi connectivity index (χ4v) is 3.79. The first-order valence-electron chi connectivity index (χ1n) is 7.73. The summed E-state index contributed by atoms with van der Waals surface area (Å²) in [5.74, 6) is -1.13. The number of hydrogen-bond acceptors (Lipinski definition) is 4. The Bertz CT molecular complexity index is 988. The number of amides is 1. The van der Waals surface area contributed by atoms with Crippen LogP contribution in [0, 0.1) is 0 Å². The molecule has 0 spiro atoms. The van der Waals surface area contributed by atoms with Gasteiger partial charge in [-0.25, -0.2) is 9.59 Å². The number of carbonyl (C=O) groups is 2. The number of carboxylic acids is 1. The van der Waals surface area contributed by atoms with Crippen LogP contribution in [0.25, 0.3) is 11.1 Å². The molecule has 0 aliphatic rings. The molecule has 1 heterocycles. The molecular formula is C19H13BrClNO4S. The van der Waals surface area contributed by atoms with Gasteiger partial charge < -0.3 is 9.84 Å². The molecule has 2 N–H and O–H groups in total. The number of nitrogens with one attached hydrogen (secondary N) is 1. The van der Waals surface area contributed by atoms with Gasteiger partial charge in [0.15, 0.2) is 0 Å². The molecule has 0 aliphatic heterocycles. The highest BCUT2D eigenvalue weighted by molar-refractivity contribution is 9.10. The smallest absolute Gasteiger partial charge is 0.412 e. The van der Waals surface area contributed by atoms with E-state index in [4.69, 9.17) is 16.3 Å². The van der Waals surface area contributed by atoms with Gasteiger partial charge in [-0.1, -0.05) is 57.9 Å². The molecule has 1 aromatic heterocycles. The fraction of sp³-hybridized carbons (Fsp3) is 0.0526. The quantitative estimate of drug-likeness (QED) is 0.464. The minimum absolute atomic E-state index is 0.0150. The Balaban J connectivity index is 1.76. The monoisotopic (exact) mass is 465 g/mol. The van der Waals surface area contributed by atoms with Gasteiger partial charge in [-0.3, -0.25) is 5.32 Å². The summed E-state index contributed by atoms with van der Waals surface area (Å²) in [6.45, 7) is -0.0150. The van der Waals surface area contributed by atoms with Crippen LogP contribution in [-0.4, -0.2) is 17.2 Å². The fourth-order valence-electron chi connectivity index (χ4n) is 2.39. The molecular weight excluding hydrogens is 454 g/mol. The van der Waals surface area contributed by atoms with E-state index in [9.17, 15) is 14.7 Å². The first kappa shape index (κ1) is 19.4. The third-order valence-corrected chi connectivity index (χ3v) is 5.49. The van der Waals surface area contributed by atoms with Crippen molar-refractivity contribution < 1.29 is 19.4 Å². The summed E-state index contributed by atoms with van der Waals surface area (Å²) in [6.07, 6.45) is -0.748. The van der Waals surface area contributed by atoms with Gasteiger partial charge in [0.05, 0.1) is 0 Å². The van der Waals surface area contributed by atoms with Crippen molar-refractivity contribution in [3.8, 4) is 11.1 Å². The first-order chi connectivity index (χ1) is 13.0. The minimum Gasteiger partial charge on any atom is -0.478 e. The number of rotatable bonds is 5. The minimum atomic E-state index is -1.13. The van der Waals surface area contributed by atoms with Gasteiger partial charge >= 0.3 is 12.1 Å². The Morgan fingerprint density at radius 2 is 1.85 bits per heavy atom. The molecule has 0 fully saturated rings. The van der Waals surface area contributed by atoms with Crippen molar-refractivity contribution >= 4 is 55.9 Å². The zero-order chi connectivity index (χ0) is 19.4. The van der Waals surface area contributed by atoms with E-state index in [2.05, 4.69) is 21.2 Å². The summed E-state index contributed by atoms with van der Waals surface area (Å²) in [4.78, 5) is 23.8.